The molecule has 1 aromatic heterocycles. The predicted molar refractivity (Wildman–Crippen MR) is 78.5 cm³/mol. The molecule has 0 N–H and O–H groups in total. The van der Waals surface area contributed by atoms with E-state index >= 15 is 0 Å². The maximum Gasteiger partial charge on any atom is 0.309 e. The first kappa shape index (κ1) is 14.6. The van der Waals surface area contributed by atoms with E-state index in [-0.39, 0.29) is 11.9 Å². The van der Waals surface area contributed by atoms with E-state index in [2.05, 4.69) is 25.8 Å². The number of ether oxygens (including phenoxy) is 1. The average Bonchev–Trinajstić information content (AvgIpc) is 2.39. The Balaban J connectivity index is 2.02. The second-order valence-electron chi connectivity index (χ2n) is 4.47. The van der Waals surface area contributed by atoms with E-state index in [1.54, 1.807) is 12.4 Å². The lowest BCUT2D eigenvalue weighted by Crippen LogP contribution is -2.37. The highest BCUT2D eigenvalue weighted by Gasteiger charge is 2.27. The van der Waals surface area contributed by atoms with Crippen LogP contribution in [0.5, 0.6) is 0 Å². The third-order valence-electron chi connectivity index (χ3n) is 3.26. The fourth-order valence-electron chi connectivity index (χ4n) is 2.31. The monoisotopic (exact) mass is 346 g/mol. The molecular weight excluding hydrogens is 332 g/mol. The van der Waals surface area contributed by atoms with E-state index in [0.29, 0.717) is 11.6 Å². The van der Waals surface area contributed by atoms with E-state index in [9.17, 15) is 4.79 Å². The fraction of sp³-hybridized carbons (Fsp3) is 0.538. The summed E-state index contributed by atoms with van der Waals surface area (Å²) < 4.78 is 5.95. The topological polar surface area (TPSA) is 42.4 Å². The zero-order chi connectivity index (χ0) is 13.8. The highest BCUT2D eigenvalue weighted by molar-refractivity contribution is 9.10. The van der Waals surface area contributed by atoms with Crippen LogP contribution in [0.15, 0.2) is 16.9 Å². The SMILES string of the molecule is CCOC(=O)C1CCN(c2c(Cl)cncc2Br)CC1. The second kappa shape index (κ2) is 6.57. The molecule has 1 aliphatic heterocycles. The average molecular weight is 348 g/mol. The van der Waals surface area contributed by atoms with Gasteiger partial charge in [0.05, 0.1) is 27.7 Å². The molecular formula is C13H16BrClN2O2. The highest BCUT2D eigenvalue weighted by Crippen LogP contribution is 2.35. The van der Waals surface area contributed by atoms with Crippen molar-refractivity contribution in [1.82, 2.24) is 4.98 Å². The molecule has 0 saturated carbocycles. The summed E-state index contributed by atoms with van der Waals surface area (Å²) in [6.45, 7) is 3.87. The summed E-state index contributed by atoms with van der Waals surface area (Å²) in [7, 11) is 0. The summed E-state index contributed by atoms with van der Waals surface area (Å²) in [5.74, 6) is -0.0716. The van der Waals surface area contributed by atoms with Gasteiger partial charge in [-0.05, 0) is 35.7 Å². The zero-order valence-corrected chi connectivity index (χ0v) is 13.1. The molecule has 2 rings (SSSR count). The lowest BCUT2D eigenvalue weighted by Gasteiger charge is -2.33. The number of anilines is 1. The summed E-state index contributed by atoms with van der Waals surface area (Å²) >= 11 is 9.66. The molecule has 0 amide bonds. The van der Waals surface area contributed by atoms with Gasteiger partial charge in [-0.25, -0.2) is 0 Å². The molecule has 0 bridgehead atoms. The number of halogens is 2. The number of aromatic nitrogens is 1. The number of rotatable bonds is 3. The van der Waals surface area contributed by atoms with Crippen LogP contribution in [0.25, 0.3) is 0 Å². The van der Waals surface area contributed by atoms with Gasteiger partial charge in [0, 0.05) is 25.5 Å². The van der Waals surface area contributed by atoms with Crippen molar-refractivity contribution >= 4 is 39.2 Å². The quantitative estimate of drug-likeness (QED) is 0.787. The van der Waals surface area contributed by atoms with Crippen LogP contribution in [0.3, 0.4) is 0 Å². The van der Waals surface area contributed by atoms with Crippen LogP contribution in [0.1, 0.15) is 19.8 Å². The van der Waals surface area contributed by atoms with Gasteiger partial charge in [0.25, 0.3) is 0 Å². The molecule has 1 saturated heterocycles. The third-order valence-corrected chi connectivity index (χ3v) is 4.12. The molecule has 0 aliphatic carbocycles. The van der Waals surface area contributed by atoms with Crippen LogP contribution in [0.4, 0.5) is 5.69 Å². The lowest BCUT2D eigenvalue weighted by molar-refractivity contribution is -0.148. The largest absolute Gasteiger partial charge is 0.466 e. The Morgan fingerprint density at radius 1 is 1.53 bits per heavy atom. The number of nitrogens with zero attached hydrogens (tertiary/aromatic N) is 2. The van der Waals surface area contributed by atoms with Crippen molar-refractivity contribution in [3.05, 3.63) is 21.9 Å². The van der Waals surface area contributed by atoms with Crippen molar-refractivity contribution in [2.75, 3.05) is 24.6 Å². The molecule has 1 fully saturated rings. The van der Waals surface area contributed by atoms with Crippen molar-refractivity contribution < 1.29 is 9.53 Å². The zero-order valence-electron chi connectivity index (χ0n) is 10.7. The smallest absolute Gasteiger partial charge is 0.309 e. The highest BCUT2D eigenvalue weighted by atomic mass is 79.9. The van der Waals surface area contributed by atoms with E-state index in [4.69, 9.17) is 16.3 Å². The normalized spacial score (nSPS) is 16.5. The number of piperidine rings is 1. The number of hydrogen-bond acceptors (Lipinski definition) is 4. The van der Waals surface area contributed by atoms with Gasteiger partial charge in [-0.15, -0.1) is 0 Å². The maximum absolute atomic E-state index is 11.7. The Labute approximate surface area is 126 Å². The van der Waals surface area contributed by atoms with Crippen LogP contribution >= 0.6 is 27.5 Å². The molecule has 104 valence electrons. The Kier molecular flexibility index (Phi) is 5.05. The number of carbonyl (C=O) groups excluding carboxylic acids is 1. The Morgan fingerprint density at radius 3 is 2.79 bits per heavy atom. The first-order valence-corrected chi connectivity index (χ1v) is 7.51. The molecule has 0 aromatic carbocycles. The fourth-order valence-corrected chi connectivity index (χ4v) is 3.28. The molecule has 0 spiro atoms. The molecule has 1 aromatic rings. The minimum atomic E-state index is -0.0814. The molecule has 0 atom stereocenters. The molecule has 4 nitrogen and oxygen atoms in total. The lowest BCUT2D eigenvalue weighted by atomic mass is 9.97. The van der Waals surface area contributed by atoms with Gasteiger partial charge < -0.3 is 9.64 Å². The van der Waals surface area contributed by atoms with E-state index in [0.717, 1.165) is 36.1 Å². The Hall–Kier alpha value is -0.810. The number of pyridine rings is 1. The van der Waals surface area contributed by atoms with E-state index < -0.39 is 0 Å². The second-order valence-corrected chi connectivity index (χ2v) is 5.73. The van der Waals surface area contributed by atoms with Crippen molar-refractivity contribution in [1.29, 1.82) is 0 Å². The van der Waals surface area contributed by atoms with Crippen LogP contribution < -0.4 is 4.90 Å². The van der Waals surface area contributed by atoms with Gasteiger partial charge >= 0.3 is 5.97 Å². The van der Waals surface area contributed by atoms with Gasteiger partial charge in [-0.3, -0.25) is 9.78 Å². The first-order chi connectivity index (χ1) is 9.13. The molecule has 1 aliphatic rings. The molecule has 0 radical (unpaired) electrons. The molecule has 6 heteroatoms. The predicted octanol–water partition coefficient (Wildman–Crippen LogP) is 3.28. The van der Waals surface area contributed by atoms with E-state index in [1.165, 1.54) is 0 Å². The Bertz CT molecular complexity index is 442. The van der Waals surface area contributed by atoms with Crippen molar-refractivity contribution in [3.63, 3.8) is 0 Å². The Morgan fingerprint density at radius 2 is 2.21 bits per heavy atom. The van der Waals surface area contributed by atoms with Crippen LogP contribution in [0, 0.1) is 5.92 Å². The minimum Gasteiger partial charge on any atom is -0.466 e. The summed E-state index contributed by atoms with van der Waals surface area (Å²) in [5, 5.41) is 0.629. The van der Waals surface area contributed by atoms with Crippen molar-refractivity contribution in [2.24, 2.45) is 5.92 Å². The third kappa shape index (κ3) is 3.39. The number of hydrogen-bond donors (Lipinski definition) is 0. The van der Waals surface area contributed by atoms with Gasteiger partial charge in [0.15, 0.2) is 0 Å². The number of esters is 1. The maximum atomic E-state index is 11.7. The molecule has 0 unspecified atom stereocenters. The van der Waals surface area contributed by atoms with Gasteiger partial charge in [0.1, 0.15) is 0 Å². The summed E-state index contributed by atoms with van der Waals surface area (Å²) in [6, 6.07) is 0. The van der Waals surface area contributed by atoms with Gasteiger partial charge in [-0.2, -0.15) is 0 Å². The first-order valence-electron chi connectivity index (χ1n) is 6.34. The summed E-state index contributed by atoms with van der Waals surface area (Å²) in [6.07, 6.45) is 4.96. The van der Waals surface area contributed by atoms with E-state index in [1.807, 2.05) is 6.92 Å². The van der Waals surface area contributed by atoms with Crippen molar-refractivity contribution in [2.45, 2.75) is 19.8 Å². The van der Waals surface area contributed by atoms with Crippen LogP contribution in [0.2, 0.25) is 5.02 Å². The van der Waals surface area contributed by atoms with Crippen LogP contribution in [-0.4, -0.2) is 30.6 Å². The molecule has 2 heterocycles. The summed E-state index contributed by atoms with van der Waals surface area (Å²) in [4.78, 5) is 17.9. The number of carbonyl (C=O) groups is 1. The summed E-state index contributed by atoms with van der Waals surface area (Å²) in [5.41, 5.74) is 0.957. The standard InChI is InChI=1S/C13H16BrClN2O2/c1-2-19-13(18)9-3-5-17(6-4-9)12-10(14)7-16-8-11(12)15/h7-9H,2-6H2,1H3. The minimum absolute atomic E-state index is 0.00980. The van der Waals surface area contributed by atoms with Gasteiger partial charge in [0.2, 0.25) is 0 Å². The van der Waals surface area contributed by atoms with Gasteiger partial charge in [-0.1, -0.05) is 11.6 Å². The molecule has 19 heavy (non-hydrogen) atoms. The van der Waals surface area contributed by atoms with Crippen molar-refractivity contribution in [3.8, 4) is 0 Å². The van der Waals surface area contributed by atoms with Crippen LogP contribution in [-0.2, 0) is 9.53 Å².